The number of alkyl halides is 3. The Balaban J connectivity index is 2.14. The van der Waals surface area contributed by atoms with Gasteiger partial charge in [0, 0.05) is 6.54 Å². The molecule has 0 radical (unpaired) electrons. The van der Waals surface area contributed by atoms with Gasteiger partial charge in [0.05, 0.1) is 21.3 Å². The van der Waals surface area contributed by atoms with Gasteiger partial charge in [-0.05, 0) is 55.1 Å². The number of hydrogen-bond donors (Lipinski definition) is 0. The molecule has 26 heavy (non-hydrogen) atoms. The van der Waals surface area contributed by atoms with Crippen molar-refractivity contribution < 1.29 is 13.2 Å². The zero-order chi connectivity index (χ0) is 18.9. The summed E-state index contributed by atoms with van der Waals surface area (Å²) in [6, 6.07) is 16.6. The molecule has 0 saturated heterocycles. The van der Waals surface area contributed by atoms with Crippen LogP contribution >= 0.6 is 31.9 Å². The van der Waals surface area contributed by atoms with Gasteiger partial charge in [-0.15, -0.1) is 0 Å². The number of halogens is 5. The zero-order valence-corrected chi connectivity index (χ0v) is 16.4. The Morgan fingerprint density at radius 2 is 1.58 bits per heavy atom. The molecule has 0 aliphatic carbocycles. The van der Waals surface area contributed by atoms with E-state index in [4.69, 9.17) is 0 Å². The summed E-state index contributed by atoms with van der Waals surface area (Å²) in [5.41, 5.74) is 1.75. The molecule has 0 aliphatic rings. The lowest BCUT2D eigenvalue weighted by atomic mass is 10.1. The van der Waals surface area contributed by atoms with Gasteiger partial charge in [-0.2, -0.15) is 18.4 Å². The van der Waals surface area contributed by atoms with Crippen LogP contribution in [0.5, 0.6) is 0 Å². The highest BCUT2D eigenvalue weighted by Gasteiger charge is 2.30. The summed E-state index contributed by atoms with van der Waals surface area (Å²) < 4.78 is 41.6. The second kappa shape index (κ2) is 7.29. The fourth-order valence-corrected chi connectivity index (χ4v) is 3.68. The molecule has 0 N–H and O–H groups in total. The van der Waals surface area contributed by atoms with E-state index >= 15 is 0 Å². The molecular formula is C19H11Br2F3N2. The van der Waals surface area contributed by atoms with Crippen LogP contribution in [0.3, 0.4) is 0 Å². The molecule has 1 heterocycles. The fraction of sp³-hybridized carbons (Fsp3) is 0.105. The monoisotopic (exact) mass is 482 g/mol. The molecule has 7 heteroatoms. The van der Waals surface area contributed by atoms with Crippen LogP contribution in [-0.2, 0) is 12.7 Å². The number of aromatic nitrogens is 1. The summed E-state index contributed by atoms with van der Waals surface area (Å²) in [5.74, 6) is 0. The van der Waals surface area contributed by atoms with Gasteiger partial charge in [-0.25, -0.2) is 0 Å². The Labute approximate surface area is 165 Å². The second-order valence-corrected chi connectivity index (χ2v) is 7.13. The van der Waals surface area contributed by atoms with Crippen molar-refractivity contribution in [2.75, 3.05) is 0 Å². The highest BCUT2D eigenvalue weighted by atomic mass is 79.9. The third-order valence-electron chi connectivity index (χ3n) is 3.93. The number of nitriles is 1. The van der Waals surface area contributed by atoms with E-state index in [2.05, 4.69) is 37.9 Å². The van der Waals surface area contributed by atoms with Crippen LogP contribution in [0.15, 0.2) is 63.7 Å². The molecule has 0 unspecified atom stereocenters. The van der Waals surface area contributed by atoms with E-state index < -0.39 is 11.7 Å². The first-order chi connectivity index (χ1) is 12.3. The Hall–Kier alpha value is -2.04. The predicted octanol–water partition coefficient (Wildman–Crippen LogP) is 6.62. The van der Waals surface area contributed by atoms with E-state index in [0.29, 0.717) is 32.4 Å². The maximum Gasteiger partial charge on any atom is 0.416 e. The van der Waals surface area contributed by atoms with Gasteiger partial charge in [0.25, 0.3) is 0 Å². The van der Waals surface area contributed by atoms with Crippen molar-refractivity contribution >= 4 is 31.9 Å². The quantitative estimate of drug-likeness (QED) is 0.411. The van der Waals surface area contributed by atoms with Crippen molar-refractivity contribution in [2.24, 2.45) is 0 Å². The molecule has 0 aliphatic heterocycles. The smallest absolute Gasteiger partial charge is 0.329 e. The van der Waals surface area contributed by atoms with E-state index in [1.807, 2.05) is 34.9 Å². The Bertz CT molecular complexity index is 969. The van der Waals surface area contributed by atoms with Crippen LogP contribution < -0.4 is 0 Å². The molecular weight excluding hydrogens is 473 g/mol. The Kier molecular flexibility index (Phi) is 5.26. The van der Waals surface area contributed by atoms with Crippen LogP contribution in [0.25, 0.3) is 11.3 Å². The van der Waals surface area contributed by atoms with Gasteiger partial charge in [0.15, 0.2) is 0 Å². The first kappa shape index (κ1) is 18.7. The average Bonchev–Trinajstić information content (AvgIpc) is 2.86. The molecule has 2 aromatic carbocycles. The Morgan fingerprint density at radius 1 is 0.962 bits per heavy atom. The van der Waals surface area contributed by atoms with Gasteiger partial charge >= 0.3 is 6.18 Å². The van der Waals surface area contributed by atoms with E-state index in [1.54, 1.807) is 0 Å². The van der Waals surface area contributed by atoms with Gasteiger partial charge in [-0.3, -0.25) is 0 Å². The number of benzene rings is 2. The lowest BCUT2D eigenvalue weighted by Crippen LogP contribution is -2.05. The molecule has 3 aromatic rings. The van der Waals surface area contributed by atoms with Gasteiger partial charge < -0.3 is 4.57 Å². The molecule has 0 saturated carbocycles. The topological polar surface area (TPSA) is 28.7 Å². The minimum absolute atomic E-state index is 0.368. The second-order valence-electron chi connectivity index (χ2n) is 5.59. The third-order valence-corrected chi connectivity index (χ3v) is 6.05. The van der Waals surface area contributed by atoms with E-state index in [9.17, 15) is 18.4 Å². The molecule has 0 spiro atoms. The number of rotatable bonds is 3. The van der Waals surface area contributed by atoms with Crippen LogP contribution in [0.1, 0.15) is 16.7 Å². The van der Waals surface area contributed by atoms with E-state index in [1.165, 1.54) is 12.1 Å². The molecule has 2 nitrogen and oxygen atoms in total. The van der Waals surface area contributed by atoms with Crippen molar-refractivity contribution in [3.8, 4) is 17.3 Å². The number of nitrogens with zero attached hydrogens (tertiary/aromatic N) is 2. The van der Waals surface area contributed by atoms with Gasteiger partial charge in [-0.1, -0.05) is 42.5 Å². The first-order valence-electron chi connectivity index (χ1n) is 7.52. The Morgan fingerprint density at radius 3 is 2.12 bits per heavy atom. The minimum atomic E-state index is -4.40. The summed E-state index contributed by atoms with van der Waals surface area (Å²) >= 11 is 6.88. The maximum atomic E-state index is 12.8. The molecule has 3 rings (SSSR count). The lowest BCUT2D eigenvalue weighted by Gasteiger charge is -2.13. The average molecular weight is 484 g/mol. The molecule has 0 amide bonds. The first-order valence-corrected chi connectivity index (χ1v) is 9.10. The van der Waals surface area contributed by atoms with Crippen LogP contribution in [0.4, 0.5) is 13.2 Å². The largest absolute Gasteiger partial charge is 0.416 e. The van der Waals surface area contributed by atoms with Crippen molar-refractivity contribution in [3.05, 3.63) is 80.4 Å². The summed E-state index contributed by atoms with van der Waals surface area (Å²) in [6.07, 6.45) is -4.40. The van der Waals surface area contributed by atoms with E-state index in [0.717, 1.165) is 17.7 Å². The molecule has 132 valence electrons. The van der Waals surface area contributed by atoms with Gasteiger partial charge in [0.2, 0.25) is 0 Å². The van der Waals surface area contributed by atoms with Crippen molar-refractivity contribution in [2.45, 2.75) is 12.7 Å². The summed E-state index contributed by atoms with van der Waals surface area (Å²) in [5, 5.41) is 9.55. The SMILES string of the molecule is N#Cc1c(Br)c(Br)n(Cc2ccccc2)c1-c1ccc(C(F)(F)F)cc1. The molecule has 0 fully saturated rings. The lowest BCUT2D eigenvalue weighted by molar-refractivity contribution is -0.137. The highest BCUT2D eigenvalue weighted by Crippen LogP contribution is 2.39. The maximum absolute atomic E-state index is 12.8. The summed E-state index contributed by atoms with van der Waals surface area (Å²) in [6.45, 7) is 0.470. The molecule has 0 atom stereocenters. The normalized spacial score (nSPS) is 11.4. The highest BCUT2D eigenvalue weighted by molar-refractivity contribution is 9.13. The molecule has 0 bridgehead atoms. The van der Waals surface area contributed by atoms with Crippen molar-refractivity contribution in [1.82, 2.24) is 4.57 Å². The van der Waals surface area contributed by atoms with E-state index in [-0.39, 0.29) is 0 Å². The van der Waals surface area contributed by atoms with Crippen molar-refractivity contribution in [1.29, 1.82) is 5.26 Å². The summed E-state index contributed by atoms with van der Waals surface area (Å²) in [7, 11) is 0. The van der Waals surface area contributed by atoms with Gasteiger partial charge in [0.1, 0.15) is 10.7 Å². The van der Waals surface area contributed by atoms with Crippen LogP contribution in [0, 0.1) is 11.3 Å². The third kappa shape index (κ3) is 3.57. The number of hydrogen-bond acceptors (Lipinski definition) is 1. The predicted molar refractivity (Wildman–Crippen MR) is 101 cm³/mol. The zero-order valence-electron chi connectivity index (χ0n) is 13.2. The van der Waals surface area contributed by atoms with Crippen LogP contribution in [-0.4, -0.2) is 4.57 Å². The standard InChI is InChI=1S/C19H11Br2F3N2/c20-16-15(10-25)17(13-6-8-14(9-7-13)19(22,23)24)26(18(16)21)11-12-4-2-1-3-5-12/h1-9H,11H2. The summed E-state index contributed by atoms with van der Waals surface area (Å²) in [4.78, 5) is 0. The van der Waals surface area contributed by atoms with Crippen molar-refractivity contribution in [3.63, 3.8) is 0 Å². The van der Waals surface area contributed by atoms with Crippen LogP contribution in [0.2, 0.25) is 0 Å². The minimum Gasteiger partial charge on any atom is -0.329 e. The molecule has 1 aromatic heterocycles. The fourth-order valence-electron chi connectivity index (χ4n) is 2.69.